The highest BCUT2D eigenvalue weighted by atomic mass is 79.9. The first-order valence-electron chi connectivity index (χ1n) is 7.37. The van der Waals surface area contributed by atoms with Crippen LogP contribution in [0.4, 0.5) is 0 Å². The van der Waals surface area contributed by atoms with Gasteiger partial charge in [-0.15, -0.1) is 11.8 Å². The molecular weight excluding hydrogens is 350 g/mol. The normalized spacial score (nSPS) is 17.3. The largest absolute Gasteiger partial charge is 0.465 e. The summed E-state index contributed by atoms with van der Waals surface area (Å²) < 4.78 is 6.32. The smallest absolute Gasteiger partial charge is 0.326 e. The first-order valence-corrected chi connectivity index (χ1v) is 9.14. The first kappa shape index (κ1) is 16.8. The first-order chi connectivity index (χ1) is 10.0. The van der Waals surface area contributed by atoms with E-state index in [0.717, 1.165) is 29.5 Å². The molecule has 1 N–H and O–H groups in total. The lowest BCUT2D eigenvalue weighted by Gasteiger charge is -2.28. The van der Waals surface area contributed by atoms with Crippen molar-refractivity contribution in [1.82, 2.24) is 5.32 Å². The van der Waals surface area contributed by atoms with E-state index in [9.17, 15) is 4.79 Å². The summed E-state index contributed by atoms with van der Waals surface area (Å²) in [5.41, 5.74) is -0.573. The van der Waals surface area contributed by atoms with E-state index in [1.807, 2.05) is 26.0 Å². The Hall–Kier alpha value is -0.520. The van der Waals surface area contributed by atoms with Crippen LogP contribution in [0.1, 0.15) is 33.1 Å². The molecule has 2 rings (SSSR count). The van der Waals surface area contributed by atoms with E-state index in [4.69, 9.17) is 4.74 Å². The molecule has 0 aliphatic heterocycles. The fraction of sp³-hybridized carbons (Fsp3) is 0.562. The van der Waals surface area contributed by atoms with Gasteiger partial charge in [0.1, 0.15) is 5.54 Å². The van der Waals surface area contributed by atoms with Gasteiger partial charge in [-0.05, 0) is 51.3 Å². The molecule has 1 atom stereocenters. The summed E-state index contributed by atoms with van der Waals surface area (Å²) >= 11 is 5.25. The third-order valence-corrected chi connectivity index (χ3v) is 4.98. The number of esters is 1. The van der Waals surface area contributed by atoms with E-state index in [1.54, 1.807) is 11.8 Å². The molecule has 1 aliphatic rings. The molecule has 21 heavy (non-hydrogen) atoms. The van der Waals surface area contributed by atoms with Crippen LogP contribution < -0.4 is 5.32 Å². The summed E-state index contributed by atoms with van der Waals surface area (Å²) in [6.07, 6.45) is 3.08. The molecule has 5 heteroatoms. The molecule has 0 spiro atoms. The average molecular weight is 372 g/mol. The van der Waals surface area contributed by atoms with Gasteiger partial charge in [-0.2, -0.15) is 0 Å². The maximum absolute atomic E-state index is 12.2. The van der Waals surface area contributed by atoms with Gasteiger partial charge < -0.3 is 4.74 Å². The Balaban J connectivity index is 1.90. The van der Waals surface area contributed by atoms with Crippen molar-refractivity contribution < 1.29 is 9.53 Å². The lowest BCUT2D eigenvalue weighted by atomic mass is 9.99. The number of hydrogen-bond donors (Lipinski definition) is 1. The molecule has 116 valence electrons. The minimum atomic E-state index is -0.573. The van der Waals surface area contributed by atoms with Gasteiger partial charge in [-0.1, -0.05) is 22.0 Å². The molecule has 0 amide bonds. The van der Waals surface area contributed by atoms with Gasteiger partial charge in [0.15, 0.2) is 0 Å². The van der Waals surface area contributed by atoms with E-state index >= 15 is 0 Å². The standard InChI is InChI=1S/C16H22BrNO2S/c1-3-20-15(19)16(2,18-13-7-8-13)9-10-21-14-6-4-5-12(17)11-14/h4-6,11,13,18H,3,7-10H2,1-2H3. The van der Waals surface area contributed by atoms with Crippen LogP contribution in [0, 0.1) is 0 Å². The van der Waals surface area contributed by atoms with Crippen LogP contribution in [-0.2, 0) is 9.53 Å². The van der Waals surface area contributed by atoms with Gasteiger partial charge in [-0.3, -0.25) is 10.1 Å². The second kappa shape index (κ2) is 7.65. The third kappa shape index (κ3) is 5.31. The van der Waals surface area contributed by atoms with Crippen molar-refractivity contribution in [2.45, 2.75) is 49.6 Å². The molecular formula is C16H22BrNO2S. The number of thioether (sulfide) groups is 1. The number of nitrogens with one attached hydrogen (secondary N) is 1. The Morgan fingerprint density at radius 3 is 2.90 bits per heavy atom. The van der Waals surface area contributed by atoms with Crippen molar-refractivity contribution in [3.05, 3.63) is 28.7 Å². The highest BCUT2D eigenvalue weighted by Crippen LogP contribution is 2.28. The van der Waals surface area contributed by atoms with Crippen molar-refractivity contribution in [2.75, 3.05) is 12.4 Å². The van der Waals surface area contributed by atoms with Crippen LogP contribution in [0.2, 0.25) is 0 Å². The van der Waals surface area contributed by atoms with Gasteiger partial charge in [0.05, 0.1) is 6.61 Å². The molecule has 1 aliphatic carbocycles. The predicted octanol–water partition coefficient (Wildman–Crippen LogP) is 4.01. The van der Waals surface area contributed by atoms with E-state index in [1.165, 1.54) is 4.90 Å². The highest BCUT2D eigenvalue weighted by molar-refractivity contribution is 9.10. The summed E-state index contributed by atoms with van der Waals surface area (Å²) in [6, 6.07) is 8.71. The van der Waals surface area contributed by atoms with Gasteiger partial charge >= 0.3 is 5.97 Å². The molecule has 0 bridgehead atoms. The second-order valence-electron chi connectivity index (χ2n) is 5.53. The number of halogens is 1. The van der Waals surface area contributed by atoms with Gasteiger partial charge in [-0.25, -0.2) is 0 Å². The molecule has 1 aromatic rings. The topological polar surface area (TPSA) is 38.3 Å². The van der Waals surface area contributed by atoms with Crippen LogP contribution in [-0.4, -0.2) is 29.9 Å². The van der Waals surface area contributed by atoms with E-state index in [-0.39, 0.29) is 5.97 Å². The number of carbonyl (C=O) groups is 1. The van der Waals surface area contributed by atoms with E-state index in [0.29, 0.717) is 12.6 Å². The molecule has 1 unspecified atom stereocenters. The van der Waals surface area contributed by atoms with Crippen LogP contribution >= 0.6 is 27.7 Å². The minimum absolute atomic E-state index is 0.133. The quantitative estimate of drug-likeness (QED) is 0.553. The van der Waals surface area contributed by atoms with Gasteiger partial charge in [0, 0.05) is 21.2 Å². The zero-order chi connectivity index (χ0) is 15.3. The van der Waals surface area contributed by atoms with E-state index < -0.39 is 5.54 Å². The fourth-order valence-electron chi connectivity index (χ4n) is 2.13. The molecule has 0 heterocycles. The molecule has 0 radical (unpaired) electrons. The molecule has 1 saturated carbocycles. The summed E-state index contributed by atoms with van der Waals surface area (Å²) in [7, 11) is 0. The number of carbonyl (C=O) groups excluding carboxylic acids is 1. The van der Waals surface area contributed by atoms with E-state index in [2.05, 4.69) is 33.4 Å². The van der Waals surface area contributed by atoms with Crippen LogP contribution in [0.3, 0.4) is 0 Å². The molecule has 0 saturated heterocycles. The maximum Gasteiger partial charge on any atom is 0.326 e. The Labute approximate surface area is 139 Å². The summed E-state index contributed by atoms with van der Waals surface area (Å²) in [6.45, 7) is 4.25. The molecule has 0 aromatic heterocycles. The van der Waals surface area contributed by atoms with Gasteiger partial charge in [0.25, 0.3) is 0 Å². The Kier molecular flexibility index (Phi) is 6.14. The SMILES string of the molecule is CCOC(=O)C(C)(CCSc1cccc(Br)c1)NC1CC1. The zero-order valence-electron chi connectivity index (χ0n) is 12.5. The maximum atomic E-state index is 12.2. The monoisotopic (exact) mass is 371 g/mol. The summed E-state index contributed by atoms with van der Waals surface area (Å²) in [5.74, 6) is 0.748. The second-order valence-corrected chi connectivity index (χ2v) is 7.61. The van der Waals surface area contributed by atoms with Crippen LogP contribution in [0.15, 0.2) is 33.6 Å². The number of hydrogen-bond acceptors (Lipinski definition) is 4. The van der Waals surface area contributed by atoms with Crippen molar-refractivity contribution in [3.8, 4) is 0 Å². The Morgan fingerprint density at radius 2 is 2.29 bits per heavy atom. The molecule has 1 aromatic carbocycles. The predicted molar refractivity (Wildman–Crippen MR) is 90.7 cm³/mol. The van der Waals surface area contributed by atoms with Crippen molar-refractivity contribution >= 4 is 33.7 Å². The van der Waals surface area contributed by atoms with Crippen LogP contribution in [0.25, 0.3) is 0 Å². The van der Waals surface area contributed by atoms with Gasteiger partial charge in [0.2, 0.25) is 0 Å². The minimum Gasteiger partial charge on any atom is -0.465 e. The van der Waals surface area contributed by atoms with Crippen molar-refractivity contribution in [3.63, 3.8) is 0 Å². The lowest BCUT2D eigenvalue weighted by Crippen LogP contribution is -2.51. The van der Waals surface area contributed by atoms with Crippen molar-refractivity contribution in [2.24, 2.45) is 0 Å². The third-order valence-electron chi connectivity index (χ3n) is 3.49. The Bertz CT molecular complexity index is 493. The summed E-state index contributed by atoms with van der Waals surface area (Å²) in [4.78, 5) is 13.4. The number of benzene rings is 1. The molecule has 3 nitrogen and oxygen atoms in total. The average Bonchev–Trinajstić information content (AvgIpc) is 3.23. The van der Waals surface area contributed by atoms with Crippen LogP contribution in [0.5, 0.6) is 0 Å². The highest BCUT2D eigenvalue weighted by Gasteiger charge is 2.39. The summed E-state index contributed by atoms with van der Waals surface area (Å²) in [5, 5.41) is 3.45. The zero-order valence-corrected chi connectivity index (χ0v) is 14.9. The lowest BCUT2D eigenvalue weighted by molar-refractivity contribution is -0.150. The Morgan fingerprint density at radius 1 is 1.52 bits per heavy atom. The van der Waals surface area contributed by atoms with Crippen molar-refractivity contribution in [1.29, 1.82) is 0 Å². The molecule has 1 fully saturated rings. The number of ether oxygens (including phenoxy) is 1. The number of rotatable bonds is 8. The fourth-order valence-corrected chi connectivity index (χ4v) is 3.81.